The molecule has 0 saturated carbocycles. The number of nitrogens with zero attached hydrogens (tertiary/aromatic N) is 4. The van der Waals surface area contributed by atoms with Gasteiger partial charge in [0.1, 0.15) is 18.5 Å². The molecule has 1 aromatic heterocycles. The fourth-order valence-corrected chi connectivity index (χ4v) is 5.14. The number of hydrogen-bond acceptors (Lipinski definition) is 8. The van der Waals surface area contributed by atoms with E-state index in [-0.39, 0.29) is 12.8 Å². The van der Waals surface area contributed by atoms with Gasteiger partial charge in [-0.1, -0.05) is 30.3 Å². The third kappa shape index (κ3) is 5.77. The molecule has 1 N–H and O–H groups in total. The van der Waals surface area contributed by atoms with Gasteiger partial charge < -0.3 is 14.6 Å². The number of piperazine rings is 1. The first-order valence-corrected chi connectivity index (χ1v) is 12.3. The van der Waals surface area contributed by atoms with Crippen LogP contribution in [0, 0.1) is 6.92 Å². The molecule has 1 unspecified atom stereocenters. The van der Waals surface area contributed by atoms with Crippen molar-refractivity contribution in [3.63, 3.8) is 0 Å². The first kappa shape index (κ1) is 22.4. The van der Waals surface area contributed by atoms with E-state index in [4.69, 9.17) is 14.5 Å². The highest BCUT2D eigenvalue weighted by Gasteiger charge is 2.24. The minimum atomic E-state index is -0.524. The summed E-state index contributed by atoms with van der Waals surface area (Å²) < 4.78 is 12.9. The minimum absolute atomic E-state index is 0.169. The Morgan fingerprint density at radius 3 is 2.73 bits per heavy atom. The predicted octanol–water partition coefficient (Wildman–Crippen LogP) is 3.13. The number of ether oxygens (including phenoxy) is 2. The monoisotopic (exact) mass is 466 g/mol. The Morgan fingerprint density at radius 1 is 1.12 bits per heavy atom. The van der Waals surface area contributed by atoms with Gasteiger partial charge in [0.05, 0.1) is 27.5 Å². The standard InChI is InChI=1S/C25H30N4O3S/c1-18-26-23-13-22(7-8-24(23)33-18)31-17-21(30)15-29-11-9-28(10-12-29)14-20-16-32-25(27-20)19-5-3-2-4-6-19/h2-8,13,21,25,30H,9-12,14-17H2,1H3/t21-,25?/m1/s1. The number of rotatable bonds is 8. The van der Waals surface area contributed by atoms with Crippen LogP contribution in [0.25, 0.3) is 10.2 Å². The van der Waals surface area contributed by atoms with Crippen molar-refractivity contribution in [2.24, 2.45) is 4.99 Å². The Kier molecular flexibility index (Phi) is 6.99. The molecule has 1 saturated heterocycles. The summed E-state index contributed by atoms with van der Waals surface area (Å²) in [6.45, 7) is 8.13. The Labute approximate surface area is 198 Å². The molecular weight excluding hydrogens is 436 g/mol. The van der Waals surface area contributed by atoms with E-state index in [0.717, 1.165) is 65.0 Å². The summed E-state index contributed by atoms with van der Waals surface area (Å²) in [5, 5.41) is 11.5. The second-order valence-corrected chi connectivity index (χ2v) is 9.91. The third-order valence-corrected chi connectivity index (χ3v) is 6.99. The van der Waals surface area contributed by atoms with Crippen molar-refractivity contribution in [1.29, 1.82) is 0 Å². The molecule has 0 spiro atoms. The summed E-state index contributed by atoms with van der Waals surface area (Å²) >= 11 is 1.68. The van der Waals surface area contributed by atoms with Crippen LogP contribution in [0.1, 0.15) is 16.8 Å². The van der Waals surface area contributed by atoms with Crippen LogP contribution in [0.3, 0.4) is 0 Å². The summed E-state index contributed by atoms with van der Waals surface area (Å²) in [6, 6.07) is 16.1. The summed E-state index contributed by atoms with van der Waals surface area (Å²) in [6.07, 6.45) is -0.693. The molecule has 33 heavy (non-hydrogen) atoms. The predicted molar refractivity (Wildman–Crippen MR) is 131 cm³/mol. The molecular formula is C25H30N4O3S. The van der Waals surface area contributed by atoms with Gasteiger partial charge in [-0.05, 0) is 19.1 Å². The van der Waals surface area contributed by atoms with Crippen molar-refractivity contribution in [3.8, 4) is 5.75 Å². The summed E-state index contributed by atoms with van der Waals surface area (Å²) in [5.74, 6) is 0.755. The molecule has 2 aliphatic rings. The number of aliphatic hydroxyl groups excluding tert-OH is 1. The molecule has 0 aliphatic carbocycles. The average Bonchev–Trinajstić information content (AvgIpc) is 3.45. The molecule has 5 rings (SSSR count). The van der Waals surface area contributed by atoms with Gasteiger partial charge in [0, 0.05) is 50.9 Å². The van der Waals surface area contributed by atoms with Crippen LogP contribution in [0.15, 0.2) is 53.5 Å². The fraction of sp³-hybridized carbons (Fsp3) is 0.440. The average molecular weight is 467 g/mol. The van der Waals surface area contributed by atoms with Gasteiger partial charge in [-0.15, -0.1) is 11.3 Å². The summed E-state index contributed by atoms with van der Waals surface area (Å²) in [5.41, 5.74) is 3.17. The lowest BCUT2D eigenvalue weighted by atomic mass is 10.2. The molecule has 3 aromatic rings. The van der Waals surface area contributed by atoms with Crippen LogP contribution in [0.4, 0.5) is 0 Å². The number of aryl methyl sites for hydroxylation is 1. The number of thiazole rings is 1. The van der Waals surface area contributed by atoms with Crippen molar-refractivity contribution in [2.45, 2.75) is 19.3 Å². The summed E-state index contributed by atoms with van der Waals surface area (Å²) in [4.78, 5) is 14.0. The number of aliphatic imine (C=N–C) groups is 1. The van der Waals surface area contributed by atoms with E-state index in [1.807, 2.05) is 43.3 Å². The maximum Gasteiger partial charge on any atom is 0.174 e. The Morgan fingerprint density at radius 2 is 1.91 bits per heavy atom. The van der Waals surface area contributed by atoms with Crippen LogP contribution in [-0.4, -0.2) is 84.2 Å². The molecule has 0 amide bonds. The normalized spacial score (nSPS) is 20.8. The summed E-state index contributed by atoms with van der Waals surface area (Å²) in [7, 11) is 0. The van der Waals surface area contributed by atoms with Gasteiger partial charge in [0.2, 0.25) is 0 Å². The highest BCUT2D eigenvalue weighted by molar-refractivity contribution is 7.18. The first-order valence-electron chi connectivity index (χ1n) is 11.5. The fourth-order valence-electron chi connectivity index (χ4n) is 4.33. The van der Waals surface area contributed by atoms with Crippen molar-refractivity contribution in [3.05, 3.63) is 59.1 Å². The zero-order chi connectivity index (χ0) is 22.6. The van der Waals surface area contributed by atoms with Gasteiger partial charge in [-0.25, -0.2) is 4.98 Å². The van der Waals surface area contributed by atoms with E-state index in [1.165, 1.54) is 0 Å². The van der Waals surface area contributed by atoms with E-state index in [0.29, 0.717) is 13.2 Å². The molecule has 2 aliphatic heterocycles. The molecule has 3 heterocycles. The lowest BCUT2D eigenvalue weighted by Crippen LogP contribution is -2.50. The molecule has 1 fully saturated rings. The number of fused-ring (bicyclic) bond motifs is 1. The molecule has 7 nitrogen and oxygen atoms in total. The molecule has 2 atom stereocenters. The number of hydrogen-bond donors (Lipinski definition) is 1. The Balaban J connectivity index is 1.04. The molecule has 0 radical (unpaired) electrons. The van der Waals surface area contributed by atoms with Crippen LogP contribution < -0.4 is 4.74 Å². The van der Waals surface area contributed by atoms with Gasteiger partial charge in [-0.3, -0.25) is 14.8 Å². The largest absolute Gasteiger partial charge is 0.491 e. The highest BCUT2D eigenvalue weighted by atomic mass is 32.1. The van der Waals surface area contributed by atoms with Crippen molar-refractivity contribution >= 4 is 27.3 Å². The highest BCUT2D eigenvalue weighted by Crippen LogP contribution is 2.26. The van der Waals surface area contributed by atoms with Crippen molar-refractivity contribution < 1.29 is 14.6 Å². The molecule has 0 bridgehead atoms. The maximum absolute atomic E-state index is 10.5. The van der Waals surface area contributed by atoms with E-state index >= 15 is 0 Å². The van der Waals surface area contributed by atoms with E-state index in [2.05, 4.69) is 26.9 Å². The smallest absolute Gasteiger partial charge is 0.174 e. The molecule has 8 heteroatoms. The number of benzene rings is 2. The first-order chi connectivity index (χ1) is 16.1. The third-order valence-electron chi connectivity index (χ3n) is 6.04. The Hall–Kier alpha value is -2.36. The van der Waals surface area contributed by atoms with E-state index < -0.39 is 6.10 Å². The number of aliphatic hydroxyl groups is 1. The van der Waals surface area contributed by atoms with Crippen molar-refractivity contribution in [1.82, 2.24) is 14.8 Å². The molecule has 174 valence electrons. The van der Waals surface area contributed by atoms with Gasteiger partial charge in [0.25, 0.3) is 0 Å². The van der Waals surface area contributed by atoms with Gasteiger partial charge in [-0.2, -0.15) is 0 Å². The van der Waals surface area contributed by atoms with E-state index in [9.17, 15) is 5.11 Å². The lowest BCUT2D eigenvalue weighted by Gasteiger charge is -2.35. The second-order valence-electron chi connectivity index (χ2n) is 8.67. The number of β-amino-alcohol motifs (C(OH)–C–C–N with tert-alkyl or cyclic N) is 1. The minimum Gasteiger partial charge on any atom is -0.491 e. The quantitative estimate of drug-likeness (QED) is 0.550. The van der Waals surface area contributed by atoms with Crippen LogP contribution in [0.5, 0.6) is 5.75 Å². The maximum atomic E-state index is 10.5. The van der Waals surface area contributed by atoms with Crippen LogP contribution in [-0.2, 0) is 4.74 Å². The topological polar surface area (TPSA) is 70.4 Å². The second kappa shape index (κ2) is 10.3. The van der Waals surface area contributed by atoms with E-state index in [1.54, 1.807) is 11.3 Å². The molecule has 2 aromatic carbocycles. The lowest BCUT2D eigenvalue weighted by molar-refractivity contribution is 0.0486. The van der Waals surface area contributed by atoms with Crippen molar-refractivity contribution in [2.75, 3.05) is 52.5 Å². The Bertz CT molecular complexity index is 1100. The zero-order valence-corrected chi connectivity index (χ0v) is 19.7. The van der Waals surface area contributed by atoms with Gasteiger partial charge >= 0.3 is 0 Å². The SMILES string of the molecule is Cc1nc2cc(OC[C@H](O)CN3CCN(CC4=NC(c5ccccc5)OC4)CC3)ccc2s1. The number of aromatic nitrogens is 1. The van der Waals surface area contributed by atoms with Crippen LogP contribution >= 0.6 is 11.3 Å². The van der Waals surface area contributed by atoms with Crippen LogP contribution in [0.2, 0.25) is 0 Å². The van der Waals surface area contributed by atoms with Gasteiger partial charge in [0.15, 0.2) is 6.23 Å². The zero-order valence-electron chi connectivity index (χ0n) is 18.9.